The Kier molecular flexibility index (Phi) is 6.23. The van der Waals surface area contributed by atoms with Gasteiger partial charge in [0.05, 0.1) is 7.11 Å². The molecule has 0 aliphatic heterocycles. The van der Waals surface area contributed by atoms with Gasteiger partial charge < -0.3 is 9.64 Å². The van der Waals surface area contributed by atoms with Crippen molar-refractivity contribution in [2.75, 3.05) is 27.7 Å². The normalized spacial score (nSPS) is 25.0. The molecule has 1 saturated carbocycles. The number of nitrogens with zero attached hydrogens (tertiary/aromatic N) is 2. The maximum absolute atomic E-state index is 12.4. The first kappa shape index (κ1) is 18.7. The predicted octanol–water partition coefficient (Wildman–Crippen LogP) is 2.54. The molecule has 3 unspecified atom stereocenters. The van der Waals surface area contributed by atoms with Gasteiger partial charge in [0.15, 0.2) is 0 Å². The number of carbonyl (C=O) groups excluding carboxylic acids is 2. The maximum Gasteiger partial charge on any atom is 0.410 e. The van der Waals surface area contributed by atoms with E-state index in [-0.39, 0.29) is 23.8 Å². The van der Waals surface area contributed by atoms with Gasteiger partial charge in [0, 0.05) is 26.6 Å². The van der Waals surface area contributed by atoms with Gasteiger partial charge in [-0.25, -0.2) is 9.86 Å². The lowest BCUT2D eigenvalue weighted by molar-refractivity contribution is -0.176. The summed E-state index contributed by atoms with van der Waals surface area (Å²) in [5.74, 6) is 0.296. The summed E-state index contributed by atoms with van der Waals surface area (Å²) in [4.78, 5) is 31.1. The third-order valence-corrected chi connectivity index (χ3v) is 4.20. The van der Waals surface area contributed by atoms with Crippen molar-refractivity contribution >= 4 is 12.0 Å². The molecule has 2 amide bonds. The predicted molar refractivity (Wildman–Crippen MR) is 84.0 cm³/mol. The number of carbonyl (C=O) groups is 2. The van der Waals surface area contributed by atoms with E-state index in [4.69, 9.17) is 9.57 Å². The van der Waals surface area contributed by atoms with Crippen molar-refractivity contribution in [3.8, 4) is 0 Å². The van der Waals surface area contributed by atoms with Crippen LogP contribution in [-0.4, -0.2) is 55.3 Å². The lowest BCUT2D eigenvalue weighted by atomic mass is 9.89. The molecular formula is C16H30N2O4. The Labute approximate surface area is 133 Å². The molecule has 0 bridgehead atoms. The third kappa shape index (κ3) is 4.87. The summed E-state index contributed by atoms with van der Waals surface area (Å²) in [6, 6.07) is 0. The monoisotopic (exact) mass is 314 g/mol. The number of rotatable bonds is 4. The van der Waals surface area contributed by atoms with Gasteiger partial charge in [-0.3, -0.25) is 9.63 Å². The minimum atomic E-state index is -0.514. The van der Waals surface area contributed by atoms with E-state index in [0.29, 0.717) is 12.5 Å². The summed E-state index contributed by atoms with van der Waals surface area (Å²) in [5.41, 5.74) is -0.514. The van der Waals surface area contributed by atoms with E-state index in [1.165, 1.54) is 12.2 Å². The second kappa shape index (κ2) is 7.31. The van der Waals surface area contributed by atoms with Crippen LogP contribution in [0, 0.1) is 17.8 Å². The van der Waals surface area contributed by atoms with Crippen LogP contribution < -0.4 is 0 Å². The molecule has 0 aromatic heterocycles. The Bertz CT molecular complexity index is 405. The fourth-order valence-electron chi connectivity index (χ4n) is 3.02. The van der Waals surface area contributed by atoms with Crippen LogP contribution in [0.2, 0.25) is 0 Å². The molecule has 1 fully saturated rings. The molecule has 128 valence electrons. The molecule has 0 radical (unpaired) electrons. The largest absolute Gasteiger partial charge is 0.444 e. The molecule has 1 aliphatic rings. The molecule has 0 heterocycles. The van der Waals surface area contributed by atoms with Gasteiger partial charge in [-0.15, -0.1) is 0 Å². The third-order valence-electron chi connectivity index (χ3n) is 4.20. The smallest absolute Gasteiger partial charge is 0.410 e. The van der Waals surface area contributed by atoms with E-state index >= 15 is 0 Å². The van der Waals surface area contributed by atoms with Crippen molar-refractivity contribution in [2.24, 2.45) is 17.8 Å². The SMILES string of the molecule is CON(C)C(=O)C1C(C)CCC1CN(C)C(=O)OC(C)(C)C. The van der Waals surface area contributed by atoms with E-state index < -0.39 is 5.60 Å². The van der Waals surface area contributed by atoms with Gasteiger partial charge in [-0.05, 0) is 45.4 Å². The highest BCUT2D eigenvalue weighted by Gasteiger charge is 2.41. The lowest BCUT2D eigenvalue weighted by Gasteiger charge is -2.30. The average Bonchev–Trinajstić information content (AvgIpc) is 2.76. The molecule has 0 N–H and O–H groups in total. The summed E-state index contributed by atoms with van der Waals surface area (Å²) < 4.78 is 5.37. The standard InChI is InChI=1S/C16H30N2O4/c1-11-8-9-12(13(11)14(19)18(6)21-7)10-17(5)15(20)22-16(2,3)4/h11-13H,8-10H2,1-7H3. The molecular weight excluding hydrogens is 284 g/mol. The van der Waals surface area contributed by atoms with Crippen LogP contribution in [0.3, 0.4) is 0 Å². The topological polar surface area (TPSA) is 59.1 Å². The molecule has 3 atom stereocenters. The zero-order valence-corrected chi connectivity index (χ0v) is 14.9. The Morgan fingerprint density at radius 2 is 1.77 bits per heavy atom. The van der Waals surface area contributed by atoms with Gasteiger partial charge in [0.25, 0.3) is 0 Å². The van der Waals surface area contributed by atoms with Crippen molar-refractivity contribution < 1.29 is 19.2 Å². The Hall–Kier alpha value is -1.30. The van der Waals surface area contributed by atoms with Crippen LogP contribution in [0.15, 0.2) is 0 Å². The molecule has 1 aliphatic carbocycles. The summed E-state index contributed by atoms with van der Waals surface area (Å²) in [5, 5.41) is 1.28. The number of hydrogen-bond acceptors (Lipinski definition) is 4. The summed E-state index contributed by atoms with van der Waals surface area (Å²) in [7, 11) is 4.83. The maximum atomic E-state index is 12.4. The molecule has 6 nitrogen and oxygen atoms in total. The zero-order chi connectivity index (χ0) is 17.1. The number of ether oxygens (including phenoxy) is 1. The number of hydroxylamine groups is 2. The van der Waals surface area contributed by atoms with Gasteiger partial charge in [0.1, 0.15) is 5.60 Å². The summed E-state index contributed by atoms with van der Waals surface area (Å²) >= 11 is 0. The molecule has 22 heavy (non-hydrogen) atoms. The molecule has 1 rings (SSSR count). The number of amides is 2. The van der Waals surface area contributed by atoms with Crippen LogP contribution in [0.25, 0.3) is 0 Å². The van der Waals surface area contributed by atoms with E-state index in [2.05, 4.69) is 6.92 Å². The quantitative estimate of drug-likeness (QED) is 0.748. The first-order valence-corrected chi connectivity index (χ1v) is 7.82. The molecule has 0 aromatic rings. The zero-order valence-electron chi connectivity index (χ0n) is 14.9. The van der Waals surface area contributed by atoms with Gasteiger partial charge in [-0.1, -0.05) is 6.92 Å². The van der Waals surface area contributed by atoms with E-state index in [9.17, 15) is 9.59 Å². The van der Waals surface area contributed by atoms with Crippen LogP contribution in [0.4, 0.5) is 4.79 Å². The van der Waals surface area contributed by atoms with Crippen LogP contribution in [-0.2, 0) is 14.4 Å². The Balaban J connectivity index is 2.70. The highest BCUT2D eigenvalue weighted by Crippen LogP contribution is 2.38. The summed E-state index contributed by atoms with van der Waals surface area (Å²) in [6.45, 7) is 8.13. The molecule has 0 saturated heterocycles. The lowest BCUT2D eigenvalue weighted by Crippen LogP contribution is -2.42. The van der Waals surface area contributed by atoms with Gasteiger partial charge >= 0.3 is 6.09 Å². The van der Waals surface area contributed by atoms with Crippen LogP contribution >= 0.6 is 0 Å². The first-order valence-electron chi connectivity index (χ1n) is 7.82. The van der Waals surface area contributed by atoms with Crippen molar-refractivity contribution in [2.45, 2.75) is 46.1 Å². The first-order chi connectivity index (χ1) is 10.1. The van der Waals surface area contributed by atoms with Crippen molar-refractivity contribution in [1.29, 1.82) is 0 Å². The highest BCUT2D eigenvalue weighted by atomic mass is 16.7. The van der Waals surface area contributed by atoms with Crippen LogP contribution in [0.5, 0.6) is 0 Å². The van der Waals surface area contributed by atoms with Crippen LogP contribution in [0.1, 0.15) is 40.5 Å². The Morgan fingerprint density at radius 1 is 1.18 bits per heavy atom. The highest BCUT2D eigenvalue weighted by molar-refractivity contribution is 5.78. The second-order valence-electron chi connectivity index (χ2n) is 7.22. The van der Waals surface area contributed by atoms with Gasteiger partial charge in [0.2, 0.25) is 5.91 Å². The molecule has 6 heteroatoms. The van der Waals surface area contributed by atoms with Gasteiger partial charge in [-0.2, -0.15) is 0 Å². The molecule has 0 spiro atoms. The summed E-state index contributed by atoms with van der Waals surface area (Å²) in [6.07, 6.45) is 1.57. The molecule has 0 aromatic carbocycles. The minimum absolute atomic E-state index is 0.0184. The fraction of sp³-hybridized carbons (Fsp3) is 0.875. The van der Waals surface area contributed by atoms with Crippen molar-refractivity contribution in [3.63, 3.8) is 0 Å². The van der Waals surface area contributed by atoms with E-state index in [0.717, 1.165) is 12.8 Å². The van der Waals surface area contributed by atoms with Crippen molar-refractivity contribution in [1.82, 2.24) is 9.96 Å². The minimum Gasteiger partial charge on any atom is -0.444 e. The van der Waals surface area contributed by atoms with E-state index in [1.54, 1.807) is 19.0 Å². The fourth-order valence-corrected chi connectivity index (χ4v) is 3.02. The Morgan fingerprint density at radius 3 is 2.27 bits per heavy atom. The number of hydrogen-bond donors (Lipinski definition) is 0. The second-order valence-corrected chi connectivity index (χ2v) is 7.22. The van der Waals surface area contributed by atoms with E-state index in [1.807, 2.05) is 20.8 Å². The van der Waals surface area contributed by atoms with Crippen molar-refractivity contribution in [3.05, 3.63) is 0 Å². The average molecular weight is 314 g/mol.